The predicted octanol–water partition coefficient (Wildman–Crippen LogP) is 5.33. The molecule has 2 aromatic carbocycles. The van der Waals surface area contributed by atoms with E-state index in [0.29, 0.717) is 17.1 Å². The normalized spacial score (nSPS) is 12.3. The molecule has 0 fully saturated rings. The van der Waals surface area contributed by atoms with Gasteiger partial charge in [0.05, 0.1) is 5.56 Å². The van der Waals surface area contributed by atoms with Crippen molar-refractivity contribution in [2.24, 2.45) is 0 Å². The number of rotatable bonds is 2. The third-order valence-electron chi connectivity index (χ3n) is 3.32. The lowest BCUT2D eigenvalue weighted by Gasteiger charge is -2.24. The Morgan fingerprint density at radius 3 is 2.23 bits per heavy atom. The zero-order chi connectivity index (χ0) is 16.5. The van der Waals surface area contributed by atoms with Crippen molar-refractivity contribution >= 4 is 17.1 Å². The van der Waals surface area contributed by atoms with Gasteiger partial charge in [0.15, 0.2) is 0 Å². The first-order valence-electron chi connectivity index (χ1n) is 6.92. The minimum Gasteiger partial charge on any atom is -0.399 e. The number of nitrogens with one attached hydrogen (secondary N) is 1. The number of halogens is 3. The molecule has 0 aliphatic heterocycles. The zero-order valence-electron chi connectivity index (χ0n) is 12.8. The Kier molecular flexibility index (Phi) is 4.09. The highest BCUT2D eigenvalue weighted by molar-refractivity contribution is 5.69. The fraction of sp³-hybridized carbons (Fsp3) is 0.294. The Morgan fingerprint density at radius 1 is 0.955 bits per heavy atom. The van der Waals surface area contributed by atoms with Crippen LogP contribution in [-0.4, -0.2) is 0 Å². The van der Waals surface area contributed by atoms with Crippen LogP contribution in [0.5, 0.6) is 0 Å². The van der Waals surface area contributed by atoms with Gasteiger partial charge in [0.25, 0.3) is 0 Å². The Morgan fingerprint density at radius 2 is 1.64 bits per heavy atom. The standard InChI is InChI=1S/C17H19F3N2/c1-16(2,3)14-8-7-12(21)10-15(14)22-13-6-4-5-11(9-13)17(18,19)20/h4-10,22H,21H2,1-3H3. The zero-order valence-corrected chi connectivity index (χ0v) is 12.8. The molecule has 0 spiro atoms. The second-order valence-corrected chi connectivity index (χ2v) is 6.26. The lowest BCUT2D eigenvalue weighted by Crippen LogP contribution is -2.14. The van der Waals surface area contributed by atoms with E-state index in [4.69, 9.17) is 5.73 Å². The Labute approximate surface area is 128 Å². The minimum atomic E-state index is -4.36. The molecule has 0 unspecified atom stereocenters. The summed E-state index contributed by atoms with van der Waals surface area (Å²) in [5, 5.41) is 3.05. The first-order valence-corrected chi connectivity index (χ1v) is 6.92. The predicted molar refractivity (Wildman–Crippen MR) is 84.3 cm³/mol. The van der Waals surface area contributed by atoms with Crippen LogP contribution in [0.25, 0.3) is 0 Å². The summed E-state index contributed by atoms with van der Waals surface area (Å²) in [5.41, 5.74) is 7.61. The van der Waals surface area contributed by atoms with Gasteiger partial charge >= 0.3 is 6.18 Å². The molecule has 0 radical (unpaired) electrons. The van der Waals surface area contributed by atoms with Crippen LogP contribution in [0.15, 0.2) is 42.5 Å². The van der Waals surface area contributed by atoms with Crippen molar-refractivity contribution in [2.45, 2.75) is 32.4 Å². The van der Waals surface area contributed by atoms with E-state index in [-0.39, 0.29) is 5.41 Å². The van der Waals surface area contributed by atoms with Gasteiger partial charge < -0.3 is 11.1 Å². The summed E-state index contributed by atoms with van der Waals surface area (Å²) in [6.45, 7) is 6.11. The Balaban J connectivity index is 2.41. The van der Waals surface area contributed by atoms with Crippen molar-refractivity contribution in [3.8, 4) is 0 Å². The summed E-state index contributed by atoms with van der Waals surface area (Å²) in [6.07, 6.45) is -4.36. The van der Waals surface area contributed by atoms with Gasteiger partial charge in [-0.2, -0.15) is 13.2 Å². The van der Waals surface area contributed by atoms with Crippen LogP contribution in [0.4, 0.5) is 30.2 Å². The smallest absolute Gasteiger partial charge is 0.399 e. The number of nitrogen functional groups attached to an aromatic ring is 1. The summed E-state index contributed by atoms with van der Waals surface area (Å²) in [4.78, 5) is 0. The number of anilines is 3. The lowest BCUT2D eigenvalue weighted by molar-refractivity contribution is -0.137. The van der Waals surface area contributed by atoms with E-state index in [1.807, 2.05) is 26.8 Å². The monoisotopic (exact) mass is 308 g/mol. The van der Waals surface area contributed by atoms with E-state index in [0.717, 1.165) is 17.7 Å². The highest BCUT2D eigenvalue weighted by Crippen LogP contribution is 2.35. The first-order chi connectivity index (χ1) is 10.1. The van der Waals surface area contributed by atoms with Crippen molar-refractivity contribution in [3.63, 3.8) is 0 Å². The molecule has 5 heteroatoms. The fourth-order valence-electron chi connectivity index (χ4n) is 2.25. The van der Waals surface area contributed by atoms with Gasteiger partial charge in [0, 0.05) is 17.1 Å². The highest BCUT2D eigenvalue weighted by atomic mass is 19.4. The van der Waals surface area contributed by atoms with E-state index < -0.39 is 11.7 Å². The van der Waals surface area contributed by atoms with Gasteiger partial charge in [-0.15, -0.1) is 0 Å². The SMILES string of the molecule is CC(C)(C)c1ccc(N)cc1Nc1cccc(C(F)(F)F)c1. The third kappa shape index (κ3) is 3.72. The van der Waals surface area contributed by atoms with Gasteiger partial charge in [-0.3, -0.25) is 0 Å². The average molecular weight is 308 g/mol. The van der Waals surface area contributed by atoms with Crippen LogP contribution in [0.1, 0.15) is 31.9 Å². The summed E-state index contributed by atoms with van der Waals surface area (Å²) >= 11 is 0. The molecular weight excluding hydrogens is 289 g/mol. The van der Waals surface area contributed by atoms with Crippen LogP contribution < -0.4 is 11.1 Å². The molecule has 0 amide bonds. The van der Waals surface area contributed by atoms with Crippen molar-refractivity contribution in [1.29, 1.82) is 0 Å². The largest absolute Gasteiger partial charge is 0.416 e. The molecule has 0 aliphatic rings. The van der Waals surface area contributed by atoms with Crippen molar-refractivity contribution in [2.75, 3.05) is 11.1 Å². The summed E-state index contributed by atoms with van der Waals surface area (Å²) in [6, 6.07) is 10.5. The molecule has 22 heavy (non-hydrogen) atoms. The molecular formula is C17H19F3N2. The number of alkyl halides is 3. The Bertz CT molecular complexity index is 670. The first kappa shape index (κ1) is 16.2. The van der Waals surface area contributed by atoms with E-state index in [2.05, 4.69) is 5.32 Å². The second-order valence-electron chi connectivity index (χ2n) is 6.26. The molecule has 2 nitrogen and oxygen atoms in total. The van der Waals surface area contributed by atoms with E-state index >= 15 is 0 Å². The van der Waals surface area contributed by atoms with Gasteiger partial charge in [0.2, 0.25) is 0 Å². The molecule has 2 rings (SSSR count). The Hall–Kier alpha value is -2.17. The molecule has 3 N–H and O–H groups in total. The maximum atomic E-state index is 12.8. The van der Waals surface area contributed by atoms with Crippen LogP contribution in [0.3, 0.4) is 0 Å². The van der Waals surface area contributed by atoms with E-state index in [1.54, 1.807) is 18.2 Å². The molecule has 0 saturated heterocycles. The van der Waals surface area contributed by atoms with Crippen molar-refractivity contribution < 1.29 is 13.2 Å². The molecule has 0 bridgehead atoms. The van der Waals surface area contributed by atoms with Gasteiger partial charge in [-0.25, -0.2) is 0 Å². The van der Waals surface area contributed by atoms with E-state index in [1.165, 1.54) is 6.07 Å². The van der Waals surface area contributed by atoms with Crippen molar-refractivity contribution in [1.82, 2.24) is 0 Å². The maximum Gasteiger partial charge on any atom is 0.416 e. The molecule has 0 aromatic heterocycles. The quantitative estimate of drug-likeness (QED) is 0.736. The number of benzene rings is 2. The summed E-state index contributed by atoms with van der Waals surface area (Å²) in [5.74, 6) is 0. The third-order valence-corrected chi connectivity index (χ3v) is 3.32. The molecule has 2 aromatic rings. The maximum absolute atomic E-state index is 12.8. The van der Waals surface area contributed by atoms with Gasteiger partial charge in [-0.05, 0) is 41.3 Å². The van der Waals surface area contributed by atoms with E-state index in [9.17, 15) is 13.2 Å². The second kappa shape index (κ2) is 5.55. The van der Waals surface area contributed by atoms with Crippen molar-refractivity contribution in [3.05, 3.63) is 53.6 Å². The summed E-state index contributed by atoms with van der Waals surface area (Å²) in [7, 11) is 0. The molecule has 0 heterocycles. The van der Waals surface area contributed by atoms with Gasteiger partial charge in [0.1, 0.15) is 0 Å². The average Bonchev–Trinajstić information content (AvgIpc) is 2.36. The topological polar surface area (TPSA) is 38.0 Å². The van der Waals surface area contributed by atoms with Crippen LogP contribution in [0, 0.1) is 0 Å². The number of nitrogens with two attached hydrogens (primary N) is 1. The van der Waals surface area contributed by atoms with Crippen LogP contribution >= 0.6 is 0 Å². The molecule has 0 saturated carbocycles. The fourth-order valence-corrected chi connectivity index (χ4v) is 2.25. The highest BCUT2D eigenvalue weighted by Gasteiger charge is 2.30. The minimum absolute atomic E-state index is 0.155. The van der Waals surface area contributed by atoms with Crippen LogP contribution in [0.2, 0.25) is 0 Å². The lowest BCUT2D eigenvalue weighted by atomic mass is 9.85. The summed E-state index contributed by atoms with van der Waals surface area (Å²) < 4.78 is 38.4. The number of hydrogen-bond acceptors (Lipinski definition) is 2. The molecule has 0 aliphatic carbocycles. The van der Waals surface area contributed by atoms with Crippen LogP contribution in [-0.2, 0) is 11.6 Å². The molecule has 118 valence electrons. The number of hydrogen-bond donors (Lipinski definition) is 2. The van der Waals surface area contributed by atoms with Gasteiger partial charge in [-0.1, -0.05) is 32.9 Å². The molecule has 0 atom stereocenters.